The summed E-state index contributed by atoms with van der Waals surface area (Å²) in [6.07, 6.45) is 0.942. The maximum absolute atomic E-state index is 10.0. The first-order valence-corrected chi connectivity index (χ1v) is 7.95. The van der Waals surface area contributed by atoms with Crippen molar-refractivity contribution in [2.75, 3.05) is 7.11 Å². The van der Waals surface area contributed by atoms with Gasteiger partial charge in [0.25, 0.3) is 5.24 Å². The Hall–Kier alpha value is -1.02. The van der Waals surface area contributed by atoms with Gasteiger partial charge in [0, 0.05) is 26.4 Å². The molecule has 0 aromatic rings. The monoisotopic (exact) mass is 408 g/mol. The quantitative estimate of drug-likeness (QED) is 0.407. The van der Waals surface area contributed by atoms with Gasteiger partial charge in [-0.3, -0.25) is 14.4 Å². The van der Waals surface area contributed by atoms with E-state index in [0.717, 1.165) is 0 Å². The van der Waals surface area contributed by atoms with Crippen molar-refractivity contribution in [3.05, 3.63) is 0 Å². The summed E-state index contributed by atoms with van der Waals surface area (Å²) in [6, 6.07) is 0. The minimum atomic E-state index is -1.34. The number of ketones is 3. The van der Waals surface area contributed by atoms with Crippen LogP contribution in [0.1, 0.15) is 47.0 Å². The molecule has 0 aliphatic carbocycles. The number of hydrogen-bond donors (Lipinski definition) is 1. The van der Waals surface area contributed by atoms with E-state index < -0.39 is 27.8 Å². The van der Waals surface area contributed by atoms with Crippen LogP contribution in [-0.2, 0) is 28.7 Å². The van der Waals surface area contributed by atoms with Gasteiger partial charge in [-0.25, -0.2) is 4.79 Å². The SMILES string of the molecule is CCC(=O)C(=O)Cl.CCC(=O)C(=O)O.CCC(C)=O.COC(Cl)Cl. The topological polar surface area (TPSA) is 115 Å². The van der Waals surface area contributed by atoms with E-state index in [1.807, 2.05) is 6.92 Å². The van der Waals surface area contributed by atoms with Gasteiger partial charge in [-0.05, 0) is 18.5 Å². The third-order valence-corrected chi connectivity index (χ3v) is 2.34. The standard InChI is InChI=1S/C4H5ClO2.C4H6O3.C4H8O.C2H4Cl2O/c1-2-3(6)4(5)7;1-2-3(5)4(6)7;1-3-4(2)5;1-5-2(3)4/h2H2,1H3;2H2,1H3,(H,6,7);3H2,1-2H3;2H,1H3. The number of rotatable bonds is 6. The molecule has 0 saturated heterocycles. The zero-order valence-electron chi connectivity index (χ0n) is 14.2. The highest BCUT2D eigenvalue weighted by molar-refractivity contribution is 6.81. The molecule has 7 nitrogen and oxygen atoms in total. The molecular formula is C14H23Cl3O7. The maximum atomic E-state index is 10.0. The van der Waals surface area contributed by atoms with Gasteiger partial charge in [-0.2, -0.15) is 0 Å². The van der Waals surface area contributed by atoms with Crippen LogP contribution >= 0.6 is 34.8 Å². The van der Waals surface area contributed by atoms with Crippen LogP contribution in [0.15, 0.2) is 0 Å². The van der Waals surface area contributed by atoms with Gasteiger partial charge >= 0.3 is 5.97 Å². The van der Waals surface area contributed by atoms with Crippen LogP contribution in [0.5, 0.6) is 0 Å². The molecule has 24 heavy (non-hydrogen) atoms. The van der Waals surface area contributed by atoms with Gasteiger partial charge in [0.2, 0.25) is 16.6 Å². The first-order chi connectivity index (χ1) is 10.9. The molecule has 0 bridgehead atoms. The largest absolute Gasteiger partial charge is 0.476 e. The van der Waals surface area contributed by atoms with E-state index in [0.29, 0.717) is 6.42 Å². The smallest absolute Gasteiger partial charge is 0.372 e. The number of ether oxygens (including phenoxy) is 1. The van der Waals surface area contributed by atoms with Crippen molar-refractivity contribution in [2.24, 2.45) is 0 Å². The van der Waals surface area contributed by atoms with Gasteiger partial charge in [-0.15, -0.1) is 0 Å². The Labute approximate surface area is 156 Å². The highest BCUT2D eigenvalue weighted by atomic mass is 35.5. The average molecular weight is 410 g/mol. The molecule has 1 N–H and O–H groups in total. The molecule has 0 heterocycles. The molecule has 0 spiro atoms. The summed E-state index contributed by atoms with van der Waals surface area (Å²) in [5, 5.41) is 6.29. The van der Waals surface area contributed by atoms with Crippen molar-refractivity contribution >= 4 is 63.4 Å². The molecule has 0 aromatic carbocycles. The number of aliphatic carboxylic acids is 1. The highest BCUT2D eigenvalue weighted by Gasteiger charge is 2.05. The van der Waals surface area contributed by atoms with Crippen LogP contribution in [-0.4, -0.2) is 45.8 Å². The second-order valence-electron chi connectivity index (χ2n) is 3.68. The first kappa shape index (κ1) is 30.8. The molecule has 0 amide bonds. The lowest BCUT2D eigenvalue weighted by Crippen LogP contribution is -2.09. The van der Waals surface area contributed by atoms with Crippen molar-refractivity contribution in [3.63, 3.8) is 0 Å². The van der Waals surface area contributed by atoms with Crippen LogP contribution in [0.25, 0.3) is 0 Å². The molecule has 0 saturated carbocycles. The molecule has 0 fully saturated rings. The zero-order chi connectivity index (χ0) is 20.3. The number of carboxylic acid groups (broad SMARTS) is 1. The lowest BCUT2D eigenvalue weighted by molar-refractivity contribution is -0.148. The summed E-state index contributed by atoms with van der Waals surface area (Å²) in [5.74, 6) is -2.35. The average Bonchev–Trinajstić information content (AvgIpc) is 2.54. The number of carbonyl (C=O) groups is 5. The van der Waals surface area contributed by atoms with Crippen molar-refractivity contribution in [3.8, 4) is 0 Å². The molecule has 10 heteroatoms. The van der Waals surface area contributed by atoms with E-state index in [1.54, 1.807) is 13.8 Å². The number of Topliss-reactive ketones (excluding diaryl/α,β-unsaturated/α-hetero) is 3. The maximum Gasteiger partial charge on any atom is 0.372 e. The molecule has 0 unspecified atom stereocenters. The van der Waals surface area contributed by atoms with Gasteiger partial charge in [0.05, 0.1) is 0 Å². The van der Waals surface area contributed by atoms with E-state index in [4.69, 9.17) is 39.9 Å². The zero-order valence-corrected chi connectivity index (χ0v) is 16.5. The van der Waals surface area contributed by atoms with Crippen molar-refractivity contribution in [2.45, 2.75) is 52.0 Å². The number of halogens is 3. The Morgan fingerprint density at radius 3 is 1.21 bits per heavy atom. The first-order valence-electron chi connectivity index (χ1n) is 6.70. The fourth-order valence-corrected chi connectivity index (χ4v) is 0.424. The molecule has 0 aromatic heterocycles. The summed E-state index contributed by atoms with van der Waals surface area (Å²) < 4.78 is 4.28. The Morgan fingerprint density at radius 2 is 1.21 bits per heavy atom. The second kappa shape index (κ2) is 22.0. The lowest BCUT2D eigenvalue weighted by Gasteiger charge is -1.88. The van der Waals surface area contributed by atoms with Crippen LogP contribution < -0.4 is 0 Å². The van der Waals surface area contributed by atoms with Gasteiger partial charge < -0.3 is 14.6 Å². The summed E-state index contributed by atoms with van der Waals surface area (Å²) in [4.78, 5) is 49.1. The fourth-order valence-electron chi connectivity index (χ4n) is 0.290. The molecule has 0 radical (unpaired) electrons. The van der Waals surface area contributed by atoms with Gasteiger partial charge in [-0.1, -0.05) is 44.0 Å². The molecule has 0 atom stereocenters. The summed E-state index contributed by atoms with van der Waals surface area (Å²) >= 11 is 14.8. The van der Waals surface area contributed by atoms with E-state index >= 15 is 0 Å². The lowest BCUT2D eigenvalue weighted by atomic mass is 10.3. The Balaban J connectivity index is -0.000000113. The van der Waals surface area contributed by atoms with Crippen molar-refractivity contribution < 1.29 is 33.8 Å². The van der Waals surface area contributed by atoms with Gasteiger partial charge in [0.1, 0.15) is 5.78 Å². The van der Waals surface area contributed by atoms with E-state index in [1.165, 1.54) is 14.0 Å². The molecule has 0 rings (SSSR count). The predicted molar refractivity (Wildman–Crippen MR) is 92.6 cm³/mol. The van der Waals surface area contributed by atoms with Crippen LogP contribution in [0.3, 0.4) is 0 Å². The van der Waals surface area contributed by atoms with E-state index in [9.17, 15) is 24.0 Å². The number of carbonyl (C=O) groups excluding carboxylic acids is 4. The van der Waals surface area contributed by atoms with E-state index in [-0.39, 0.29) is 18.6 Å². The van der Waals surface area contributed by atoms with Crippen LogP contribution in [0, 0.1) is 0 Å². The minimum Gasteiger partial charge on any atom is -0.476 e. The molecule has 0 aliphatic rings. The summed E-state index contributed by atoms with van der Waals surface area (Å²) in [5.41, 5.74) is 0. The number of alkyl halides is 2. The third-order valence-electron chi connectivity index (χ3n) is 1.78. The van der Waals surface area contributed by atoms with Crippen LogP contribution in [0.4, 0.5) is 0 Å². The third kappa shape index (κ3) is 37.3. The number of hydrogen-bond acceptors (Lipinski definition) is 6. The number of carboxylic acids is 1. The molecular weight excluding hydrogens is 387 g/mol. The second-order valence-corrected chi connectivity index (χ2v) is 5.04. The number of methoxy groups -OCH3 is 1. The Kier molecular flexibility index (Phi) is 28.2. The highest BCUT2D eigenvalue weighted by Crippen LogP contribution is 1.98. The van der Waals surface area contributed by atoms with Crippen molar-refractivity contribution in [1.82, 2.24) is 0 Å². The molecule has 142 valence electrons. The summed E-state index contributed by atoms with van der Waals surface area (Å²) in [6.45, 7) is 6.53. The Bertz CT molecular complexity index is 370. The summed E-state index contributed by atoms with van der Waals surface area (Å²) in [7, 11) is 1.44. The molecule has 0 aliphatic heterocycles. The van der Waals surface area contributed by atoms with Crippen LogP contribution in [0.2, 0.25) is 0 Å². The predicted octanol–water partition coefficient (Wildman–Crippen LogP) is 3.16. The minimum absolute atomic E-state index is 0.0787. The van der Waals surface area contributed by atoms with E-state index in [2.05, 4.69) is 4.74 Å². The van der Waals surface area contributed by atoms with Crippen molar-refractivity contribution in [1.29, 1.82) is 0 Å². The van der Waals surface area contributed by atoms with Gasteiger partial charge in [0.15, 0.2) is 0 Å². The normalized spacial score (nSPS) is 8.38. The Morgan fingerprint density at radius 1 is 0.917 bits per heavy atom. The fraction of sp³-hybridized carbons (Fsp3) is 0.643.